The fraction of sp³-hybridized carbons (Fsp3) is 0.161. The molecule has 208 valence electrons. The third-order valence-electron chi connectivity index (χ3n) is 6.80. The van der Waals surface area contributed by atoms with Crippen molar-refractivity contribution in [2.24, 2.45) is 0 Å². The molecule has 0 aliphatic rings. The SMILES string of the molecule is CC(c1nc2ccccc2c(=O)n1-c1ccc(F)cc1)N(Cc1cccc[nH+]1)C(=O)Cc1ccc(C(F)(F)F)cc1. The van der Waals surface area contributed by atoms with Gasteiger partial charge in [0, 0.05) is 12.1 Å². The van der Waals surface area contributed by atoms with Crippen LogP contribution in [0.3, 0.4) is 0 Å². The van der Waals surface area contributed by atoms with Gasteiger partial charge < -0.3 is 4.90 Å². The second-order valence-corrected chi connectivity index (χ2v) is 9.56. The van der Waals surface area contributed by atoms with Crippen LogP contribution < -0.4 is 10.5 Å². The van der Waals surface area contributed by atoms with Crippen LogP contribution in [-0.4, -0.2) is 20.4 Å². The van der Waals surface area contributed by atoms with Crippen molar-refractivity contribution in [3.63, 3.8) is 0 Å². The maximum atomic E-state index is 13.8. The molecule has 0 saturated carbocycles. The second-order valence-electron chi connectivity index (χ2n) is 9.56. The number of rotatable bonds is 7. The summed E-state index contributed by atoms with van der Waals surface area (Å²) in [5.74, 6) is -0.613. The van der Waals surface area contributed by atoms with E-state index < -0.39 is 23.6 Å². The van der Waals surface area contributed by atoms with Gasteiger partial charge in [0.2, 0.25) is 5.91 Å². The Kier molecular flexibility index (Phi) is 7.65. The summed E-state index contributed by atoms with van der Waals surface area (Å²) in [6.45, 7) is 1.83. The van der Waals surface area contributed by atoms with Crippen molar-refractivity contribution in [2.45, 2.75) is 32.1 Å². The van der Waals surface area contributed by atoms with Crippen molar-refractivity contribution in [1.82, 2.24) is 14.5 Å². The molecular weight excluding hydrogens is 536 g/mol. The summed E-state index contributed by atoms with van der Waals surface area (Å²) < 4.78 is 54.3. The zero-order valence-electron chi connectivity index (χ0n) is 21.9. The second kappa shape index (κ2) is 11.3. The Bertz CT molecular complexity index is 1740. The number of amides is 1. The number of benzene rings is 3. The lowest BCUT2D eigenvalue weighted by atomic mass is 10.1. The van der Waals surface area contributed by atoms with Crippen molar-refractivity contribution >= 4 is 16.8 Å². The number of fused-ring (bicyclic) bond motifs is 1. The number of aromatic nitrogens is 3. The molecule has 41 heavy (non-hydrogen) atoms. The normalized spacial score (nSPS) is 12.3. The predicted molar refractivity (Wildman–Crippen MR) is 144 cm³/mol. The molecule has 0 radical (unpaired) electrons. The van der Waals surface area contributed by atoms with Gasteiger partial charge in [0.25, 0.3) is 5.56 Å². The molecule has 0 bridgehead atoms. The molecule has 5 rings (SSSR count). The number of halogens is 4. The highest BCUT2D eigenvalue weighted by Crippen LogP contribution is 2.30. The smallest absolute Gasteiger partial charge is 0.322 e. The number of carbonyl (C=O) groups is 1. The molecule has 6 nitrogen and oxygen atoms in total. The number of nitrogens with one attached hydrogen (secondary N) is 1. The summed E-state index contributed by atoms with van der Waals surface area (Å²) in [6.07, 6.45) is -2.96. The summed E-state index contributed by atoms with van der Waals surface area (Å²) in [4.78, 5) is 36.9. The molecule has 10 heteroatoms. The van der Waals surface area contributed by atoms with Gasteiger partial charge in [0.1, 0.15) is 18.2 Å². The van der Waals surface area contributed by atoms with Crippen LogP contribution in [0.2, 0.25) is 0 Å². The topological polar surface area (TPSA) is 69.3 Å². The Labute approximate surface area is 232 Å². The van der Waals surface area contributed by atoms with Crippen LogP contribution in [0.4, 0.5) is 17.6 Å². The van der Waals surface area contributed by atoms with Crippen molar-refractivity contribution < 1.29 is 27.3 Å². The molecule has 1 atom stereocenters. The average Bonchev–Trinajstić information content (AvgIpc) is 2.96. The van der Waals surface area contributed by atoms with E-state index in [0.717, 1.165) is 12.1 Å². The number of hydrogen-bond acceptors (Lipinski definition) is 3. The predicted octanol–water partition coefficient (Wildman–Crippen LogP) is 5.69. The lowest BCUT2D eigenvalue weighted by molar-refractivity contribution is -0.392. The van der Waals surface area contributed by atoms with Gasteiger partial charge in [0.15, 0.2) is 11.9 Å². The molecule has 0 aliphatic carbocycles. The number of carbonyl (C=O) groups excluding carboxylic acids is 1. The van der Waals surface area contributed by atoms with Crippen LogP contribution in [0.1, 0.15) is 35.6 Å². The van der Waals surface area contributed by atoms with E-state index in [1.54, 1.807) is 55.6 Å². The number of alkyl halides is 3. The van der Waals surface area contributed by atoms with E-state index >= 15 is 0 Å². The number of para-hydroxylation sites is 1. The van der Waals surface area contributed by atoms with Gasteiger partial charge in [-0.05, 0) is 61.0 Å². The number of aromatic amines is 1. The van der Waals surface area contributed by atoms with Crippen LogP contribution in [0.25, 0.3) is 16.6 Å². The number of nitrogens with zero attached hydrogens (tertiary/aromatic N) is 3. The Morgan fingerprint density at radius 3 is 2.29 bits per heavy atom. The first-order chi connectivity index (χ1) is 19.6. The highest BCUT2D eigenvalue weighted by molar-refractivity contribution is 5.80. The summed E-state index contributed by atoms with van der Waals surface area (Å²) in [6, 6.07) is 21.3. The minimum absolute atomic E-state index is 0.105. The van der Waals surface area contributed by atoms with Crippen molar-refractivity contribution in [3.8, 4) is 5.69 Å². The molecule has 0 aliphatic heterocycles. The van der Waals surface area contributed by atoms with Crippen LogP contribution in [-0.2, 0) is 23.9 Å². The standard InChI is InChI=1S/C31H24F4N4O2/c1-20(29-37-27-8-3-2-7-26(27)30(41)39(29)25-15-13-23(32)14-16-25)38(19-24-6-4-5-17-36-24)28(40)18-21-9-11-22(12-10-21)31(33,34)35/h2-17,20H,18-19H2,1H3/p+1. The first-order valence-electron chi connectivity index (χ1n) is 12.8. The van der Waals surface area contributed by atoms with Gasteiger partial charge in [-0.1, -0.05) is 30.3 Å². The van der Waals surface area contributed by atoms with E-state index in [1.165, 1.54) is 45.9 Å². The Morgan fingerprint density at radius 1 is 0.951 bits per heavy atom. The summed E-state index contributed by atoms with van der Waals surface area (Å²) >= 11 is 0. The molecule has 0 spiro atoms. The first-order valence-corrected chi connectivity index (χ1v) is 12.8. The quantitative estimate of drug-likeness (QED) is 0.240. The number of pyridine rings is 1. The van der Waals surface area contributed by atoms with E-state index in [9.17, 15) is 27.2 Å². The van der Waals surface area contributed by atoms with Gasteiger partial charge in [0.05, 0.1) is 34.6 Å². The zero-order chi connectivity index (χ0) is 29.1. The zero-order valence-corrected chi connectivity index (χ0v) is 21.9. The lowest BCUT2D eigenvalue weighted by Crippen LogP contribution is -2.39. The molecule has 5 aromatic rings. The Balaban J connectivity index is 1.59. The highest BCUT2D eigenvalue weighted by Gasteiger charge is 2.31. The third-order valence-corrected chi connectivity index (χ3v) is 6.80. The molecule has 1 N–H and O–H groups in total. The van der Waals surface area contributed by atoms with E-state index in [4.69, 9.17) is 4.98 Å². The van der Waals surface area contributed by atoms with Gasteiger partial charge in [-0.2, -0.15) is 13.2 Å². The monoisotopic (exact) mass is 561 g/mol. The van der Waals surface area contributed by atoms with Crippen LogP contribution in [0, 0.1) is 5.82 Å². The minimum Gasteiger partial charge on any atom is -0.322 e. The van der Waals surface area contributed by atoms with Crippen LogP contribution in [0.5, 0.6) is 0 Å². The molecular formula is C31H25F4N4O2+. The maximum Gasteiger partial charge on any atom is 0.416 e. The van der Waals surface area contributed by atoms with Crippen LogP contribution in [0.15, 0.2) is 102 Å². The highest BCUT2D eigenvalue weighted by atomic mass is 19.4. The average molecular weight is 562 g/mol. The molecule has 1 amide bonds. The molecule has 2 heterocycles. The molecule has 2 aromatic heterocycles. The largest absolute Gasteiger partial charge is 0.416 e. The van der Waals surface area contributed by atoms with Crippen molar-refractivity contribution in [3.05, 3.63) is 136 Å². The molecule has 0 saturated heterocycles. The molecule has 3 aromatic carbocycles. The van der Waals surface area contributed by atoms with Gasteiger partial charge in [-0.15, -0.1) is 0 Å². The lowest BCUT2D eigenvalue weighted by Gasteiger charge is -2.29. The Hall–Kier alpha value is -4.86. The third kappa shape index (κ3) is 6.01. The fourth-order valence-corrected chi connectivity index (χ4v) is 4.65. The van der Waals surface area contributed by atoms with Crippen molar-refractivity contribution in [2.75, 3.05) is 0 Å². The van der Waals surface area contributed by atoms with E-state index in [0.29, 0.717) is 27.8 Å². The number of H-pyrrole nitrogens is 1. The first kappa shape index (κ1) is 27.7. The van der Waals surface area contributed by atoms with E-state index in [1.807, 2.05) is 0 Å². The van der Waals surface area contributed by atoms with E-state index in [-0.39, 0.29) is 30.3 Å². The summed E-state index contributed by atoms with van der Waals surface area (Å²) in [7, 11) is 0. The summed E-state index contributed by atoms with van der Waals surface area (Å²) in [5.41, 5.74) is 0.709. The maximum absolute atomic E-state index is 13.8. The van der Waals surface area contributed by atoms with Gasteiger partial charge >= 0.3 is 6.18 Å². The fourth-order valence-electron chi connectivity index (χ4n) is 4.65. The molecule has 1 unspecified atom stereocenters. The van der Waals surface area contributed by atoms with Crippen molar-refractivity contribution in [1.29, 1.82) is 0 Å². The van der Waals surface area contributed by atoms with Gasteiger partial charge in [-0.3, -0.25) is 14.2 Å². The summed E-state index contributed by atoms with van der Waals surface area (Å²) in [5, 5.41) is 0.354. The molecule has 0 fully saturated rings. The number of hydrogen-bond donors (Lipinski definition) is 0. The van der Waals surface area contributed by atoms with Crippen LogP contribution >= 0.6 is 0 Å². The van der Waals surface area contributed by atoms with Gasteiger partial charge in [-0.25, -0.2) is 14.4 Å². The van der Waals surface area contributed by atoms with E-state index in [2.05, 4.69) is 4.98 Å². The minimum atomic E-state index is -4.49. The Morgan fingerprint density at radius 2 is 1.63 bits per heavy atom.